The number of amidine groups is 1. The van der Waals surface area contributed by atoms with E-state index in [0.29, 0.717) is 34.9 Å². The average molecular weight is 519 g/mol. The Bertz CT molecular complexity index is 1280. The van der Waals surface area contributed by atoms with Gasteiger partial charge in [0.1, 0.15) is 18.5 Å². The van der Waals surface area contributed by atoms with Gasteiger partial charge < -0.3 is 30.6 Å². The molecule has 10 nitrogen and oxygen atoms in total. The molecule has 1 unspecified atom stereocenters. The Balaban J connectivity index is 1.80. The zero-order valence-corrected chi connectivity index (χ0v) is 21.2. The summed E-state index contributed by atoms with van der Waals surface area (Å²) < 4.78 is 16.0. The van der Waals surface area contributed by atoms with Crippen LogP contribution in [0.3, 0.4) is 0 Å². The third-order valence-electron chi connectivity index (χ3n) is 5.41. The van der Waals surface area contributed by atoms with Crippen molar-refractivity contribution in [1.29, 1.82) is 5.41 Å². The molecule has 0 aromatic heterocycles. The molecule has 0 bridgehead atoms. The van der Waals surface area contributed by atoms with Gasteiger partial charge in [0.25, 0.3) is 0 Å². The van der Waals surface area contributed by atoms with Gasteiger partial charge in [-0.15, -0.1) is 0 Å². The maximum Gasteiger partial charge on any atom is 0.315 e. The van der Waals surface area contributed by atoms with Gasteiger partial charge in [-0.3, -0.25) is 19.8 Å². The summed E-state index contributed by atoms with van der Waals surface area (Å²) in [5.74, 6) is -0.984. The molecule has 3 aromatic carbocycles. The first-order valence-electron chi connectivity index (χ1n) is 11.8. The first-order chi connectivity index (χ1) is 18.3. The first kappa shape index (κ1) is 27.7. The van der Waals surface area contributed by atoms with Crippen LogP contribution < -0.4 is 25.8 Å². The lowest BCUT2D eigenvalue weighted by molar-refractivity contribution is -0.157. The van der Waals surface area contributed by atoms with Gasteiger partial charge in [-0.05, 0) is 47.5 Å². The smallest absolute Gasteiger partial charge is 0.315 e. The van der Waals surface area contributed by atoms with Crippen LogP contribution in [0.1, 0.15) is 36.1 Å². The predicted molar refractivity (Wildman–Crippen MR) is 142 cm³/mol. The minimum absolute atomic E-state index is 0.0260. The van der Waals surface area contributed by atoms with Crippen molar-refractivity contribution in [3.05, 3.63) is 89.5 Å². The van der Waals surface area contributed by atoms with Crippen LogP contribution >= 0.6 is 0 Å². The molecule has 10 heteroatoms. The number of amides is 1. The third kappa shape index (κ3) is 8.09. The molecule has 0 aliphatic carbocycles. The monoisotopic (exact) mass is 518 g/mol. The Hall–Kier alpha value is -4.86. The topological polar surface area (TPSA) is 153 Å². The van der Waals surface area contributed by atoms with Crippen LogP contribution in [0.15, 0.2) is 72.8 Å². The largest absolute Gasteiger partial charge is 0.493 e. The highest BCUT2D eigenvalue weighted by Gasteiger charge is 2.23. The molecular weight excluding hydrogens is 488 g/mol. The zero-order valence-electron chi connectivity index (χ0n) is 21.2. The van der Waals surface area contributed by atoms with Crippen LogP contribution in [0.25, 0.3) is 0 Å². The van der Waals surface area contributed by atoms with E-state index in [9.17, 15) is 14.4 Å². The Kier molecular flexibility index (Phi) is 9.81. The molecule has 3 aromatic rings. The van der Waals surface area contributed by atoms with Gasteiger partial charge in [0.2, 0.25) is 5.91 Å². The number of carbonyl (C=O) groups excluding carboxylic acids is 3. The summed E-state index contributed by atoms with van der Waals surface area (Å²) in [7, 11) is 1.51. The summed E-state index contributed by atoms with van der Waals surface area (Å²) in [6, 6.07) is 20.7. The second kappa shape index (κ2) is 13.4. The van der Waals surface area contributed by atoms with E-state index in [-0.39, 0.29) is 18.8 Å². The molecule has 0 saturated heterocycles. The lowest BCUT2D eigenvalue weighted by Gasteiger charge is -2.21. The van der Waals surface area contributed by atoms with E-state index in [0.717, 1.165) is 12.5 Å². The SMILES string of the molecule is COc1cc(C(Nc2ccc(C(=N)N)cc2)C(=O)NCCC(=O)OC(C)=O)ccc1OCc1ccccc1. The van der Waals surface area contributed by atoms with Gasteiger partial charge in [0.15, 0.2) is 11.5 Å². The van der Waals surface area contributed by atoms with E-state index in [1.807, 2.05) is 30.3 Å². The normalized spacial score (nSPS) is 11.1. The summed E-state index contributed by atoms with van der Waals surface area (Å²) in [6.07, 6.45) is -0.166. The minimum atomic E-state index is -0.876. The molecule has 0 fully saturated rings. The summed E-state index contributed by atoms with van der Waals surface area (Å²) in [5, 5.41) is 13.4. The van der Waals surface area contributed by atoms with Crippen molar-refractivity contribution >= 4 is 29.4 Å². The van der Waals surface area contributed by atoms with Crippen LogP contribution in [0.5, 0.6) is 11.5 Å². The Morgan fingerprint density at radius 3 is 2.32 bits per heavy atom. The maximum atomic E-state index is 13.2. The van der Waals surface area contributed by atoms with Gasteiger partial charge in [0, 0.05) is 24.7 Å². The fraction of sp³-hybridized carbons (Fsp3) is 0.214. The summed E-state index contributed by atoms with van der Waals surface area (Å²) >= 11 is 0. The number of benzene rings is 3. The number of methoxy groups -OCH3 is 1. The number of nitrogens with two attached hydrogens (primary N) is 1. The van der Waals surface area contributed by atoms with Crippen LogP contribution in [0.2, 0.25) is 0 Å². The van der Waals surface area contributed by atoms with Crippen molar-refractivity contribution < 1.29 is 28.6 Å². The molecule has 0 aliphatic rings. The molecule has 38 heavy (non-hydrogen) atoms. The average Bonchev–Trinajstić information content (AvgIpc) is 2.90. The lowest BCUT2D eigenvalue weighted by Crippen LogP contribution is -2.35. The molecule has 3 rings (SSSR count). The van der Waals surface area contributed by atoms with Crippen molar-refractivity contribution in [2.45, 2.75) is 26.0 Å². The number of nitrogens with one attached hydrogen (secondary N) is 3. The number of hydrogen-bond donors (Lipinski definition) is 4. The van der Waals surface area contributed by atoms with Gasteiger partial charge in [0.05, 0.1) is 13.5 Å². The highest BCUT2D eigenvalue weighted by Crippen LogP contribution is 2.32. The van der Waals surface area contributed by atoms with E-state index in [1.165, 1.54) is 7.11 Å². The standard InChI is InChI=1S/C28H30N4O6/c1-18(33)38-25(34)14-15-31-28(35)26(32-22-11-8-20(9-12-22)27(29)30)21-10-13-23(24(16-21)36-2)37-17-19-6-4-3-5-7-19/h3-13,16,26,32H,14-15,17H2,1-2H3,(H3,29,30)(H,31,35). The third-order valence-corrected chi connectivity index (χ3v) is 5.41. The Labute approximate surface area is 220 Å². The molecule has 0 saturated carbocycles. The molecule has 5 N–H and O–H groups in total. The predicted octanol–water partition coefficient (Wildman–Crippen LogP) is 3.31. The van der Waals surface area contributed by atoms with E-state index in [1.54, 1.807) is 42.5 Å². The van der Waals surface area contributed by atoms with Gasteiger partial charge >= 0.3 is 11.9 Å². The number of rotatable bonds is 12. The minimum Gasteiger partial charge on any atom is -0.493 e. The Morgan fingerprint density at radius 2 is 1.68 bits per heavy atom. The van der Waals surface area contributed by atoms with Crippen molar-refractivity contribution in [1.82, 2.24) is 5.32 Å². The second-order valence-corrected chi connectivity index (χ2v) is 8.26. The van der Waals surface area contributed by atoms with Crippen LogP contribution in [0.4, 0.5) is 5.69 Å². The lowest BCUT2D eigenvalue weighted by atomic mass is 10.0. The number of hydrogen-bond acceptors (Lipinski definition) is 8. The van der Waals surface area contributed by atoms with E-state index in [4.69, 9.17) is 20.6 Å². The number of esters is 2. The van der Waals surface area contributed by atoms with Crippen LogP contribution in [-0.2, 0) is 25.7 Å². The Morgan fingerprint density at radius 1 is 0.974 bits per heavy atom. The zero-order chi connectivity index (χ0) is 27.5. The van der Waals surface area contributed by atoms with Crippen molar-refractivity contribution in [2.75, 3.05) is 19.0 Å². The fourth-order valence-electron chi connectivity index (χ4n) is 3.53. The highest BCUT2D eigenvalue weighted by molar-refractivity contribution is 5.95. The number of carbonyl (C=O) groups is 3. The first-order valence-corrected chi connectivity index (χ1v) is 11.8. The maximum absolute atomic E-state index is 13.2. The number of nitrogen functional groups attached to an aromatic ring is 1. The number of ether oxygens (including phenoxy) is 3. The van der Waals surface area contributed by atoms with E-state index >= 15 is 0 Å². The fourth-order valence-corrected chi connectivity index (χ4v) is 3.53. The van der Waals surface area contributed by atoms with Crippen LogP contribution in [0, 0.1) is 5.41 Å². The van der Waals surface area contributed by atoms with Crippen molar-refractivity contribution in [3.63, 3.8) is 0 Å². The van der Waals surface area contributed by atoms with Gasteiger partial charge in [-0.1, -0.05) is 36.4 Å². The van der Waals surface area contributed by atoms with Crippen molar-refractivity contribution in [2.24, 2.45) is 5.73 Å². The molecule has 0 heterocycles. The van der Waals surface area contributed by atoms with Gasteiger partial charge in [-0.2, -0.15) is 0 Å². The van der Waals surface area contributed by atoms with E-state index < -0.39 is 23.9 Å². The molecule has 198 valence electrons. The quantitative estimate of drug-likeness (QED) is 0.123. The molecule has 0 radical (unpaired) electrons. The molecular formula is C28H30N4O6. The summed E-state index contributed by atoms with van der Waals surface area (Å²) in [4.78, 5) is 35.8. The molecule has 1 amide bonds. The second-order valence-electron chi connectivity index (χ2n) is 8.26. The summed E-state index contributed by atoms with van der Waals surface area (Å²) in [5.41, 5.74) is 8.26. The number of anilines is 1. The molecule has 0 aliphatic heterocycles. The van der Waals surface area contributed by atoms with Crippen LogP contribution in [-0.4, -0.2) is 37.3 Å². The van der Waals surface area contributed by atoms with Gasteiger partial charge in [-0.25, -0.2) is 0 Å². The summed E-state index contributed by atoms with van der Waals surface area (Å²) in [6.45, 7) is 1.45. The molecule has 1 atom stereocenters. The highest BCUT2D eigenvalue weighted by atomic mass is 16.6. The molecule has 0 spiro atoms. The van der Waals surface area contributed by atoms with E-state index in [2.05, 4.69) is 15.4 Å². The van der Waals surface area contributed by atoms with Crippen molar-refractivity contribution in [3.8, 4) is 11.5 Å².